The molecular weight excluding hydrogens is 212 g/mol. The molecule has 1 saturated carbocycles. The second-order valence-electron chi connectivity index (χ2n) is 5.83. The molecular formula is C14H26N2O. The number of nitrogens with one attached hydrogen (secondary N) is 2. The molecule has 2 aliphatic rings. The number of rotatable bonds is 4. The molecule has 1 heterocycles. The quantitative estimate of drug-likeness (QED) is 0.786. The van der Waals surface area contributed by atoms with Gasteiger partial charge in [0.15, 0.2) is 0 Å². The normalized spacial score (nSPS) is 30.4. The van der Waals surface area contributed by atoms with Gasteiger partial charge in [-0.3, -0.25) is 4.79 Å². The molecule has 0 radical (unpaired) electrons. The Kier molecular flexibility index (Phi) is 4.84. The van der Waals surface area contributed by atoms with E-state index in [-0.39, 0.29) is 11.8 Å². The van der Waals surface area contributed by atoms with Crippen molar-refractivity contribution in [3.8, 4) is 0 Å². The van der Waals surface area contributed by atoms with E-state index in [1.165, 1.54) is 38.5 Å². The molecule has 2 fully saturated rings. The summed E-state index contributed by atoms with van der Waals surface area (Å²) in [6, 6.07) is 0. The van der Waals surface area contributed by atoms with Crippen molar-refractivity contribution < 1.29 is 4.79 Å². The molecule has 2 atom stereocenters. The predicted molar refractivity (Wildman–Crippen MR) is 69.7 cm³/mol. The van der Waals surface area contributed by atoms with E-state index in [0.29, 0.717) is 5.92 Å². The monoisotopic (exact) mass is 238 g/mol. The third kappa shape index (κ3) is 3.70. The van der Waals surface area contributed by atoms with E-state index < -0.39 is 0 Å². The molecule has 0 aromatic carbocycles. The van der Waals surface area contributed by atoms with Gasteiger partial charge in [0.05, 0.1) is 5.92 Å². The molecule has 0 unspecified atom stereocenters. The van der Waals surface area contributed by atoms with Crippen LogP contribution in [0.25, 0.3) is 0 Å². The highest BCUT2D eigenvalue weighted by atomic mass is 16.1. The van der Waals surface area contributed by atoms with Gasteiger partial charge < -0.3 is 10.6 Å². The van der Waals surface area contributed by atoms with E-state index in [1.54, 1.807) is 0 Å². The Morgan fingerprint density at radius 1 is 1.24 bits per heavy atom. The minimum absolute atomic E-state index is 0.196. The zero-order valence-corrected chi connectivity index (χ0v) is 11.0. The Bertz CT molecular complexity index is 249. The van der Waals surface area contributed by atoms with Crippen LogP contribution in [0.15, 0.2) is 0 Å². The average molecular weight is 238 g/mol. The number of hydrogen-bond acceptors (Lipinski definition) is 2. The molecule has 0 aromatic heterocycles. The molecule has 1 aliphatic heterocycles. The third-order valence-electron chi connectivity index (χ3n) is 4.43. The molecule has 1 saturated heterocycles. The number of carbonyl (C=O) groups excluding carboxylic acids is 1. The van der Waals surface area contributed by atoms with Crippen LogP contribution >= 0.6 is 0 Å². The van der Waals surface area contributed by atoms with Crippen molar-refractivity contribution in [1.82, 2.24) is 10.6 Å². The Labute approximate surface area is 105 Å². The van der Waals surface area contributed by atoms with Gasteiger partial charge in [-0.25, -0.2) is 0 Å². The Morgan fingerprint density at radius 3 is 2.65 bits per heavy atom. The topological polar surface area (TPSA) is 41.1 Å². The number of amides is 1. The summed E-state index contributed by atoms with van der Waals surface area (Å²) in [7, 11) is 0. The zero-order chi connectivity index (χ0) is 12.1. The van der Waals surface area contributed by atoms with E-state index in [9.17, 15) is 4.79 Å². The van der Waals surface area contributed by atoms with Crippen molar-refractivity contribution in [1.29, 1.82) is 0 Å². The lowest BCUT2D eigenvalue weighted by atomic mass is 9.87. The summed E-state index contributed by atoms with van der Waals surface area (Å²) in [6.45, 7) is 4.88. The van der Waals surface area contributed by atoms with Crippen molar-refractivity contribution in [2.24, 2.45) is 17.8 Å². The SMILES string of the molecule is C[C@@H]1CNC[C@H]1C(=O)NCCC1CCCCC1. The highest BCUT2D eigenvalue weighted by molar-refractivity contribution is 5.79. The molecule has 1 amide bonds. The van der Waals surface area contributed by atoms with Gasteiger partial charge in [0.1, 0.15) is 0 Å². The van der Waals surface area contributed by atoms with Crippen molar-refractivity contribution in [3.63, 3.8) is 0 Å². The molecule has 2 rings (SSSR count). The average Bonchev–Trinajstić information content (AvgIpc) is 2.77. The third-order valence-corrected chi connectivity index (χ3v) is 4.43. The van der Waals surface area contributed by atoms with Crippen LogP contribution in [-0.4, -0.2) is 25.5 Å². The lowest BCUT2D eigenvalue weighted by Gasteiger charge is -2.22. The van der Waals surface area contributed by atoms with Gasteiger partial charge in [-0.05, 0) is 24.8 Å². The van der Waals surface area contributed by atoms with Crippen LogP contribution in [0.5, 0.6) is 0 Å². The van der Waals surface area contributed by atoms with E-state index in [1.807, 2.05) is 0 Å². The molecule has 0 bridgehead atoms. The first-order valence-electron chi connectivity index (χ1n) is 7.26. The molecule has 3 heteroatoms. The number of hydrogen-bond donors (Lipinski definition) is 2. The maximum Gasteiger partial charge on any atom is 0.224 e. The van der Waals surface area contributed by atoms with Crippen LogP contribution in [0.4, 0.5) is 0 Å². The second kappa shape index (κ2) is 6.39. The summed E-state index contributed by atoms with van der Waals surface area (Å²) >= 11 is 0. The molecule has 17 heavy (non-hydrogen) atoms. The summed E-state index contributed by atoms with van der Waals surface area (Å²) in [4.78, 5) is 11.9. The Balaban J connectivity index is 1.62. The molecule has 3 nitrogen and oxygen atoms in total. The van der Waals surface area contributed by atoms with Crippen LogP contribution in [0.3, 0.4) is 0 Å². The van der Waals surface area contributed by atoms with Gasteiger partial charge in [0.25, 0.3) is 0 Å². The molecule has 2 N–H and O–H groups in total. The summed E-state index contributed by atoms with van der Waals surface area (Å²) in [5.74, 6) is 1.81. The lowest BCUT2D eigenvalue weighted by molar-refractivity contribution is -0.125. The first kappa shape index (κ1) is 12.9. The fraction of sp³-hybridized carbons (Fsp3) is 0.929. The minimum Gasteiger partial charge on any atom is -0.356 e. The van der Waals surface area contributed by atoms with E-state index in [4.69, 9.17) is 0 Å². The summed E-state index contributed by atoms with van der Waals surface area (Å²) in [6.07, 6.45) is 8.12. The maximum atomic E-state index is 11.9. The van der Waals surface area contributed by atoms with Crippen LogP contribution in [0, 0.1) is 17.8 Å². The summed E-state index contributed by atoms with van der Waals surface area (Å²) in [5, 5.41) is 6.41. The largest absolute Gasteiger partial charge is 0.356 e. The number of carbonyl (C=O) groups is 1. The Morgan fingerprint density at radius 2 is 2.00 bits per heavy atom. The van der Waals surface area contributed by atoms with E-state index in [0.717, 1.165) is 25.6 Å². The zero-order valence-electron chi connectivity index (χ0n) is 11.0. The highest BCUT2D eigenvalue weighted by Gasteiger charge is 2.29. The summed E-state index contributed by atoms with van der Waals surface area (Å²) in [5.41, 5.74) is 0. The first-order valence-corrected chi connectivity index (χ1v) is 7.26. The van der Waals surface area contributed by atoms with Crippen LogP contribution in [0.2, 0.25) is 0 Å². The van der Waals surface area contributed by atoms with Gasteiger partial charge in [-0.15, -0.1) is 0 Å². The smallest absolute Gasteiger partial charge is 0.224 e. The van der Waals surface area contributed by atoms with Gasteiger partial charge in [0, 0.05) is 13.1 Å². The van der Waals surface area contributed by atoms with Gasteiger partial charge in [0.2, 0.25) is 5.91 Å². The van der Waals surface area contributed by atoms with Crippen LogP contribution in [0.1, 0.15) is 45.4 Å². The van der Waals surface area contributed by atoms with Crippen molar-refractivity contribution in [2.45, 2.75) is 45.4 Å². The standard InChI is InChI=1S/C14H26N2O/c1-11-9-15-10-13(11)14(17)16-8-7-12-5-3-2-4-6-12/h11-13,15H,2-10H2,1H3,(H,16,17)/t11-,13-/m1/s1. The molecule has 98 valence electrons. The minimum atomic E-state index is 0.196. The van der Waals surface area contributed by atoms with Crippen LogP contribution < -0.4 is 10.6 Å². The fourth-order valence-corrected chi connectivity index (χ4v) is 3.17. The van der Waals surface area contributed by atoms with Gasteiger partial charge in [-0.1, -0.05) is 39.0 Å². The lowest BCUT2D eigenvalue weighted by Crippen LogP contribution is -2.35. The maximum absolute atomic E-state index is 11.9. The van der Waals surface area contributed by atoms with Crippen molar-refractivity contribution >= 4 is 5.91 Å². The summed E-state index contributed by atoms with van der Waals surface area (Å²) < 4.78 is 0. The highest BCUT2D eigenvalue weighted by Crippen LogP contribution is 2.25. The van der Waals surface area contributed by atoms with E-state index >= 15 is 0 Å². The molecule has 0 spiro atoms. The predicted octanol–water partition coefficient (Wildman–Crippen LogP) is 1.93. The van der Waals surface area contributed by atoms with E-state index in [2.05, 4.69) is 17.6 Å². The van der Waals surface area contributed by atoms with Gasteiger partial charge >= 0.3 is 0 Å². The fourth-order valence-electron chi connectivity index (χ4n) is 3.17. The van der Waals surface area contributed by atoms with Crippen molar-refractivity contribution in [3.05, 3.63) is 0 Å². The molecule has 0 aromatic rings. The Hall–Kier alpha value is -0.570. The second-order valence-corrected chi connectivity index (χ2v) is 5.83. The first-order chi connectivity index (χ1) is 8.27. The van der Waals surface area contributed by atoms with Gasteiger partial charge in [-0.2, -0.15) is 0 Å². The molecule has 1 aliphatic carbocycles. The van der Waals surface area contributed by atoms with Crippen LogP contribution in [-0.2, 0) is 4.79 Å². The van der Waals surface area contributed by atoms with Crippen molar-refractivity contribution in [2.75, 3.05) is 19.6 Å².